The highest BCUT2D eigenvalue weighted by atomic mass is 16.5. The minimum absolute atomic E-state index is 0.185. The van der Waals surface area contributed by atoms with Gasteiger partial charge in [0.1, 0.15) is 0 Å². The maximum atomic E-state index is 12.6. The number of carbonyl (C=O) groups is 1. The molecule has 4 aliphatic carbocycles. The molecule has 0 unspecified atom stereocenters. The van der Waals surface area contributed by atoms with Gasteiger partial charge < -0.3 is 30.3 Å². The quantitative estimate of drug-likeness (QED) is 0.433. The smallest absolute Gasteiger partial charge is 0.309 e. The SMILES string of the molecule is CCOC(=O)[C@H]1CC[C@@]2(O)[C@@H]3CC[C@]4(O)C[C@@H](O)CC[C@]4(CO)[C@H]3[C@@H](O)C[C@]12C. The number of aliphatic hydroxyl groups is 5. The van der Waals surface area contributed by atoms with Gasteiger partial charge in [0.05, 0.1) is 42.5 Å². The molecule has 0 aromatic heterocycles. The van der Waals surface area contributed by atoms with Crippen molar-refractivity contribution in [2.75, 3.05) is 13.2 Å². The van der Waals surface area contributed by atoms with E-state index in [1.165, 1.54) is 0 Å². The number of ether oxygens (including phenoxy) is 1. The van der Waals surface area contributed by atoms with Crippen molar-refractivity contribution in [3.63, 3.8) is 0 Å². The van der Waals surface area contributed by atoms with E-state index >= 15 is 0 Å². The lowest BCUT2D eigenvalue weighted by atomic mass is 9.41. The van der Waals surface area contributed by atoms with Crippen LogP contribution < -0.4 is 0 Å². The molecule has 166 valence electrons. The minimum Gasteiger partial charge on any atom is -0.466 e. The molecule has 0 aliphatic heterocycles. The molecule has 0 heterocycles. The van der Waals surface area contributed by atoms with Gasteiger partial charge in [0.2, 0.25) is 0 Å². The van der Waals surface area contributed by atoms with Gasteiger partial charge >= 0.3 is 5.97 Å². The van der Waals surface area contributed by atoms with Gasteiger partial charge in [-0.15, -0.1) is 0 Å². The van der Waals surface area contributed by atoms with Crippen molar-refractivity contribution in [2.24, 2.45) is 28.6 Å². The number of fused-ring (bicyclic) bond motifs is 5. The zero-order chi connectivity index (χ0) is 21.2. The summed E-state index contributed by atoms with van der Waals surface area (Å²) in [5.41, 5.74) is -4.17. The van der Waals surface area contributed by atoms with Gasteiger partial charge in [-0.25, -0.2) is 0 Å². The van der Waals surface area contributed by atoms with E-state index in [1.54, 1.807) is 6.92 Å². The summed E-state index contributed by atoms with van der Waals surface area (Å²) in [7, 11) is 0. The predicted molar refractivity (Wildman–Crippen MR) is 104 cm³/mol. The van der Waals surface area contributed by atoms with Crippen molar-refractivity contribution in [3.05, 3.63) is 0 Å². The number of hydrogen-bond acceptors (Lipinski definition) is 7. The second kappa shape index (κ2) is 6.89. The molecule has 4 saturated carbocycles. The first-order chi connectivity index (χ1) is 13.6. The zero-order valence-corrected chi connectivity index (χ0v) is 17.5. The Morgan fingerprint density at radius 1 is 1.07 bits per heavy atom. The molecule has 9 atom stereocenters. The molecule has 4 fully saturated rings. The Morgan fingerprint density at radius 3 is 2.45 bits per heavy atom. The summed E-state index contributed by atoms with van der Waals surface area (Å²) in [5, 5.41) is 55.4. The van der Waals surface area contributed by atoms with Crippen LogP contribution in [-0.2, 0) is 9.53 Å². The highest BCUT2D eigenvalue weighted by Crippen LogP contribution is 2.69. The fraction of sp³-hybridized carbons (Fsp3) is 0.955. The van der Waals surface area contributed by atoms with Crippen molar-refractivity contribution < 1.29 is 35.1 Å². The molecule has 0 spiro atoms. The predicted octanol–water partition coefficient (Wildman–Crippen LogP) is 0.742. The van der Waals surface area contributed by atoms with Crippen molar-refractivity contribution >= 4 is 5.97 Å². The van der Waals surface area contributed by atoms with E-state index in [1.807, 2.05) is 6.92 Å². The van der Waals surface area contributed by atoms with Gasteiger partial charge in [-0.05, 0) is 57.8 Å². The maximum absolute atomic E-state index is 12.6. The second-order valence-electron chi connectivity index (χ2n) is 10.4. The van der Waals surface area contributed by atoms with E-state index in [9.17, 15) is 30.3 Å². The summed E-state index contributed by atoms with van der Waals surface area (Å²) in [6.45, 7) is 3.64. The number of carbonyl (C=O) groups excluding carboxylic acids is 1. The Hall–Kier alpha value is -0.730. The Kier molecular flexibility index (Phi) is 5.11. The molecule has 7 nitrogen and oxygen atoms in total. The Bertz CT molecular complexity index is 670. The first kappa shape index (κ1) is 21.5. The summed E-state index contributed by atoms with van der Waals surface area (Å²) in [6, 6.07) is 0. The molecule has 5 N–H and O–H groups in total. The van der Waals surface area contributed by atoms with Crippen LogP contribution in [0.2, 0.25) is 0 Å². The van der Waals surface area contributed by atoms with Crippen LogP contribution in [0.15, 0.2) is 0 Å². The molecule has 0 aromatic carbocycles. The van der Waals surface area contributed by atoms with Gasteiger partial charge in [-0.3, -0.25) is 4.79 Å². The summed E-state index contributed by atoms with van der Waals surface area (Å²) in [6.07, 6.45) is 1.63. The summed E-state index contributed by atoms with van der Waals surface area (Å²) >= 11 is 0. The highest BCUT2D eigenvalue weighted by molar-refractivity contribution is 5.74. The molecule has 0 radical (unpaired) electrons. The van der Waals surface area contributed by atoms with E-state index in [-0.39, 0.29) is 37.9 Å². The molecule has 0 saturated heterocycles. The highest BCUT2D eigenvalue weighted by Gasteiger charge is 2.73. The Balaban J connectivity index is 1.74. The van der Waals surface area contributed by atoms with Crippen molar-refractivity contribution in [2.45, 2.75) is 88.6 Å². The van der Waals surface area contributed by atoms with Gasteiger partial charge in [0, 0.05) is 23.2 Å². The van der Waals surface area contributed by atoms with Crippen LogP contribution in [0.5, 0.6) is 0 Å². The van der Waals surface area contributed by atoms with E-state index in [4.69, 9.17) is 4.74 Å². The minimum atomic E-state index is -1.26. The summed E-state index contributed by atoms with van der Waals surface area (Å²) in [5.74, 6) is -1.58. The summed E-state index contributed by atoms with van der Waals surface area (Å²) in [4.78, 5) is 12.6. The average molecular weight is 413 g/mol. The molecule has 29 heavy (non-hydrogen) atoms. The van der Waals surface area contributed by atoms with Gasteiger partial charge in [-0.1, -0.05) is 6.92 Å². The molecule has 0 amide bonds. The lowest BCUT2D eigenvalue weighted by Gasteiger charge is -2.67. The van der Waals surface area contributed by atoms with Crippen LogP contribution in [0.1, 0.15) is 65.2 Å². The van der Waals surface area contributed by atoms with Crippen molar-refractivity contribution in [1.82, 2.24) is 0 Å². The molecular weight excluding hydrogens is 376 g/mol. The zero-order valence-electron chi connectivity index (χ0n) is 17.5. The Labute approximate surface area is 172 Å². The van der Waals surface area contributed by atoms with Gasteiger partial charge in [-0.2, -0.15) is 0 Å². The molecule has 4 rings (SSSR count). The van der Waals surface area contributed by atoms with Crippen molar-refractivity contribution in [3.8, 4) is 0 Å². The van der Waals surface area contributed by atoms with Crippen LogP contribution in [0.4, 0.5) is 0 Å². The fourth-order valence-electron chi connectivity index (χ4n) is 8.02. The van der Waals surface area contributed by atoms with E-state index in [2.05, 4.69) is 0 Å². The van der Waals surface area contributed by atoms with Crippen LogP contribution in [0, 0.1) is 28.6 Å². The third kappa shape index (κ3) is 2.64. The lowest BCUT2D eigenvalue weighted by Crippen LogP contribution is -2.72. The largest absolute Gasteiger partial charge is 0.466 e. The fourth-order valence-corrected chi connectivity index (χ4v) is 8.02. The van der Waals surface area contributed by atoms with E-state index in [0.717, 1.165) is 0 Å². The average Bonchev–Trinajstić information content (AvgIpc) is 2.92. The standard InChI is InChI=1S/C22H36O7/c1-3-29-18(26)15-6-9-22(28)14-5-8-21(27)10-13(24)4-7-20(21,12-23)17(14)16(25)11-19(15,22)2/h13-17,23-25,27-28H,3-12H2,1-2H3/t13-,14+,15+,16-,17+,19+,20-,21-,22+/m0/s1. The number of esters is 1. The first-order valence-electron chi connectivity index (χ1n) is 11.2. The van der Waals surface area contributed by atoms with Crippen molar-refractivity contribution in [1.29, 1.82) is 0 Å². The van der Waals surface area contributed by atoms with Crippen LogP contribution in [0.3, 0.4) is 0 Å². The molecule has 4 aliphatic rings. The first-order valence-corrected chi connectivity index (χ1v) is 11.2. The molecule has 7 heteroatoms. The molecular formula is C22H36O7. The Morgan fingerprint density at radius 2 is 1.79 bits per heavy atom. The molecule has 0 bridgehead atoms. The second-order valence-corrected chi connectivity index (χ2v) is 10.4. The third-order valence-electron chi connectivity index (χ3n) is 9.45. The maximum Gasteiger partial charge on any atom is 0.309 e. The van der Waals surface area contributed by atoms with Gasteiger partial charge in [0.15, 0.2) is 0 Å². The topological polar surface area (TPSA) is 127 Å². The number of hydrogen-bond donors (Lipinski definition) is 5. The normalized spacial score (nSPS) is 54.2. The van der Waals surface area contributed by atoms with Gasteiger partial charge in [0.25, 0.3) is 0 Å². The molecule has 0 aromatic rings. The third-order valence-corrected chi connectivity index (χ3v) is 9.45. The van der Waals surface area contributed by atoms with Crippen LogP contribution in [-0.4, -0.2) is 68.1 Å². The van der Waals surface area contributed by atoms with E-state index < -0.39 is 46.1 Å². The summed E-state index contributed by atoms with van der Waals surface area (Å²) < 4.78 is 5.27. The van der Waals surface area contributed by atoms with Crippen LogP contribution >= 0.6 is 0 Å². The lowest BCUT2D eigenvalue weighted by molar-refractivity contribution is -0.293. The van der Waals surface area contributed by atoms with Crippen LogP contribution in [0.25, 0.3) is 0 Å². The van der Waals surface area contributed by atoms with E-state index in [0.29, 0.717) is 38.5 Å². The number of rotatable bonds is 3. The number of aliphatic hydroxyl groups excluding tert-OH is 3. The monoisotopic (exact) mass is 412 g/mol.